The molecule has 0 spiro atoms. The van der Waals surface area contributed by atoms with Crippen molar-refractivity contribution < 1.29 is 14.3 Å². The lowest BCUT2D eigenvalue weighted by molar-refractivity contribution is -0.142. The zero-order valence-corrected chi connectivity index (χ0v) is 21.3. The van der Waals surface area contributed by atoms with Gasteiger partial charge in [-0.25, -0.2) is 4.68 Å². The first kappa shape index (κ1) is 25.0. The van der Waals surface area contributed by atoms with Gasteiger partial charge in [0.15, 0.2) is 6.61 Å². The number of ketones is 1. The molecule has 0 N–H and O–H groups in total. The van der Waals surface area contributed by atoms with Gasteiger partial charge in [0.25, 0.3) is 5.56 Å². The molecule has 0 amide bonds. The van der Waals surface area contributed by atoms with E-state index < -0.39 is 5.97 Å². The summed E-state index contributed by atoms with van der Waals surface area (Å²) in [6, 6.07) is 20.9. The van der Waals surface area contributed by atoms with E-state index in [2.05, 4.69) is 0 Å². The third-order valence-electron chi connectivity index (χ3n) is 6.68. The summed E-state index contributed by atoms with van der Waals surface area (Å²) in [6.07, 6.45) is 0.193. The van der Waals surface area contributed by atoms with Crippen LogP contribution >= 0.6 is 0 Å². The van der Waals surface area contributed by atoms with Crippen LogP contribution in [0.2, 0.25) is 0 Å². The second kappa shape index (κ2) is 10.2. The van der Waals surface area contributed by atoms with Gasteiger partial charge in [0.2, 0.25) is 5.78 Å². The first-order valence-electron chi connectivity index (χ1n) is 12.0. The molecule has 2 aromatic carbocycles. The number of ether oxygens (including phenoxy) is 1. The Labute approximate surface area is 210 Å². The van der Waals surface area contributed by atoms with Crippen LogP contribution in [0.4, 0.5) is 0 Å². The van der Waals surface area contributed by atoms with Crippen LogP contribution in [-0.2, 0) is 16.6 Å². The monoisotopic (exact) mass is 485 g/mol. The number of carbonyl (C=O) groups excluding carboxylic acids is 2. The standard InChI is InChI=1S/C29H31N3O4/c1-19(23-12-8-6-9-13-23)16-27(34)36-18-26(33)25-17-20(2)31(21(25)3)28-22(4)30(5)32(29(28)35)24-14-10-7-11-15-24/h6-15,17,19H,16,18H2,1-5H3. The van der Waals surface area contributed by atoms with Crippen LogP contribution in [0.25, 0.3) is 11.4 Å². The molecular weight excluding hydrogens is 454 g/mol. The van der Waals surface area contributed by atoms with Crippen molar-refractivity contribution in [2.24, 2.45) is 7.05 Å². The molecule has 186 valence electrons. The lowest BCUT2D eigenvalue weighted by Crippen LogP contribution is -2.22. The third-order valence-corrected chi connectivity index (χ3v) is 6.68. The Morgan fingerprint density at radius 2 is 1.53 bits per heavy atom. The summed E-state index contributed by atoms with van der Waals surface area (Å²) in [6.45, 7) is 7.16. The van der Waals surface area contributed by atoms with Gasteiger partial charge in [-0.3, -0.25) is 19.1 Å². The van der Waals surface area contributed by atoms with E-state index in [1.165, 1.54) is 0 Å². The van der Waals surface area contributed by atoms with E-state index in [0.29, 0.717) is 16.9 Å². The molecule has 4 aromatic rings. The number of rotatable bonds is 8. The summed E-state index contributed by atoms with van der Waals surface area (Å²) in [7, 11) is 1.84. The minimum absolute atomic E-state index is 0.00768. The molecule has 7 nitrogen and oxygen atoms in total. The Bertz CT molecular complexity index is 1460. The van der Waals surface area contributed by atoms with E-state index in [1.54, 1.807) is 17.7 Å². The van der Waals surface area contributed by atoms with Crippen molar-refractivity contribution in [3.63, 3.8) is 0 Å². The molecule has 1 atom stereocenters. The topological polar surface area (TPSA) is 75.2 Å². The van der Waals surface area contributed by atoms with E-state index in [1.807, 2.05) is 97.7 Å². The Balaban J connectivity index is 1.55. The van der Waals surface area contributed by atoms with Gasteiger partial charge in [-0.15, -0.1) is 0 Å². The van der Waals surface area contributed by atoms with Crippen LogP contribution in [0.5, 0.6) is 0 Å². The first-order valence-corrected chi connectivity index (χ1v) is 12.0. The van der Waals surface area contributed by atoms with E-state index in [4.69, 9.17) is 4.74 Å². The molecule has 0 fully saturated rings. The molecule has 0 saturated carbocycles. The molecule has 1 unspecified atom stereocenters. The molecular formula is C29H31N3O4. The number of aromatic nitrogens is 3. The highest BCUT2D eigenvalue weighted by Crippen LogP contribution is 2.23. The molecule has 0 radical (unpaired) electrons. The van der Waals surface area contributed by atoms with Gasteiger partial charge in [-0.05, 0) is 50.5 Å². The molecule has 4 rings (SSSR count). The highest BCUT2D eigenvalue weighted by Gasteiger charge is 2.24. The van der Waals surface area contributed by atoms with Crippen LogP contribution in [0, 0.1) is 20.8 Å². The Morgan fingerprint density at radius 3 is 2.17 bits per heavy atom. The van der Waals surface area contributed by atoms with Crippen LogP contribution in [0.3, 0.4) is 0 Å². The molecule has 0 saturated heterocycles. The average Bonchev–Trinajstić information content (AvgIpc) is 3.28. The quantitative estimate of drug-likeness (QED) is 0.265. The molecule has 2 aromatic heterocycles. The summed E-state index contributed by atoms with van der Waals surface area (Å²) in [4.78, 5) is 38.9. The maximum absolute atomic E-state index is 13.5. The van der Waals surface area contributed by atoms with Crippen molar-refractivity contribution in [1.82, 2.24) is 13.9 Å². The fourth-order valence-corrected chi connectivity index (χ4v) is 4.63. The molecule has 0 aliphatic rings. The van der Waals surface area contributed by atoms with Gasteiger partial charge < -0.3 is 9.30 Å². The molecule has 2 heterocycles. The number of benzene rings is 2. The van der Waals surface area contributed by atoms with Crippen molar-refractivity contribution in [3.05, 3.63) is 105 Å². The molecule has 0 aliphatic carbocycles. The Hall–Kier alpha value is -4.13. The van der Waals surface area contributed by atoms with Crippen LogP contribution in [0.1, 0.15) is 52.3 Å². The number of hydrogen-bond donors (Lipinski definition) is 0. The van der Waals surface area contributed by atoms with Crippen molar-refractivity contribution in [3.8, 4) is 11.4 Å². The lowest BCUT2D eigenvalue weighted by Gasteiger charge is -2.11. The van der Waals surface area contributed by atoms with Gasteiger partial charge in [-0.2, -0.15) is 0 Å². The van der Waals surface area contributed by atoms with Crippen LogP contribution < -0.4 is 5.56 Å². The van der Waals surface area contributed by atoms with Gasteiger partial charge in [0.05, 0.1) is 17.8 Å². The third kappa shape index (κ3) is 4.69. The number of hydrogen-bond acceptors (Lipinski definition) is 4. The molecule has 36 heavy (non-hydrogen) atoms. The second-order valence-corrected chi connectivity index (χ2v) is 9.13. The van der Waals surface area contributed by atoms with Crippen LogP contribution in [0.15, 0.2) is 71.5 Å². The lowest BCUT2D eigenvalue weighted by atomic mass is 9.98. The van der Waals surface area contributed by atoms with Crippen molar-refractivity contribution in [1.29, 1.82) is 0 Å². The number of aryl methyl sites for hydroxylation is 1. The van der Waals surface area contributed by atoms with E-state index >= 15 is 0 Å². The van der Waals surface area contributed by atoms with Gasteiger partial charge in [-0.1, -0.05) is 55.5 Å². The fourth-order valence-electron chi connectivity index (χ4n) is 4.63. The molecule has 0 aliphatic heterocycles. The predicted molar refractivity (Wildman–Crippen MR) is 139 cm³/mol. The number of carbonyl (C=O) groups is 2. The minimum Gasteiger partial charge on any atom is -0.457 e. The number of esters is 1. The van der Waals surface area contributed by atoms with Crippen LogP contribution in [-0.4, -0.2) is 32.3 Å². The number of Topliss-reactive ketones (excluding diaryl/α,β-unsaturated/α-hetero) is 1. The first-order chi connectivity index (χ1) is 17.2. The zero-order valence-electron chi connectivity index (χ0n) is 21.3. The van der Waals surface area contributed by atoms with Crippen molar-refractivity contribution in [2.75, 3.05) is 6.61 Å². The summed E-state index contributed by atoms with van der Waals surface area (Å²) < 4.78 is 10.6. The highest BCUT2D eigenvalue weighted by atomic mass is 16.5. The second-order valence-electron chi connectivity index (χ2n) is 9.13. The summed E-state index contributed by atoms with van der Waals surface area (Å²) in [5.74, 6) is -0.725. The van der Waals surface area contributed by atoms with Gasteiger partial charge in [0.1, 0.15) is 5.69 Å². The largest absolute Gasteiger partial charge is 0.457 e. The Kier molecular flexibility index (Phi) is 7.10. The number of para-hydroxylation sites is 1. The average molecular weight is 486 g/mol. The van der Waals surface area contributed by atoms with Gasteiger partial charge in [0, 0.05) is 24.0 Å². The zero-order chi connectivity index (χ0) is 26.0. The normalized spacial score (nSPS) is 11.9. The predicted octanol–water partition coefficient (Wildman–Crippen LogP) is 4.81. The van der Waals surface area contributed by atoms with Gasteiger partial charge >= 0.3 is 5.97 Å². The minimum atomic E-state index is -0.418. The molecule has 7 heteroatoms. The van der Waals surface area contributed by atoms with Crippen molar-refractivity contribution >= 4 is 11.8 Å². The summed E-state index contributed by atoms with van der Waals surface area (Å²) >= 11 is 0. The number of nitrogens with zero attached hydrogens (tertiary/aromatic N) is 3. The fraction of sp³-hybridized carbons (Fsp3) is 0.276. The smallest absolute Gasteiger partial charge is 0.306 e. The van der Waals surface area contributed by atoms with E-state index in [9.17, 15) is 14.4 Å². The van der Waals surface area contributed by atoms with E-state index in [0.717, 1.165) is 22.6 Å². The maximum atomic E-state index is 13.5. The summed E-state index contributed by atoms with van der Waals surface area (Å²) in [5.41, 5.74) is 4.71. The SMILES string of the molecule is Cc1cc(C(=O)COC(=O)CC(C)c2ccccc2)c(C)n1-c1c(C)n(C)n(-c2ccccc2)c1=O. The van der Waals surface area contributed by atoms with E-state index in [-0.39, 0.29) is 30.3 Å². The van der Waals surface area contributed by atoms with Crippen molar-refractivity contribution in [2.45, 2.75) is 40.0 Å². The maximum Gasteiger partial charge on any atom is 0.306 e. The molecule has 0 bridgehead atoms. The Morgan fingerprint density at radius 1 is 0.917 bits per heavy atom. The highest BCUT2D eigenvalue weighted by molar-refractivity contribution is 5.99. The summed E-state index contributed by atoms with van der Waals surface area (Å²) in [5, 5.41) is 0.